The molecular weight excluding hydrogens is 318 g/mol. The smallest absolute Gasteiger partial charge is 0.338 e. The van der Waals surface area contributed by atoms with Gasteiger partial charge in [0.15, 0.2) is 0 Å². The van der Waals surface area contributed by atoms with Crippen molar-refractivity contribution in [2.75, 3.05) is 5.32 Å². The van der Waals surface area contributed by atoms with Gasteiger partial charge in [0.1, 0.15) is 6.04 Å². The van der Waals surface area contributed by atoms with Gasteiger partial charge in [-0.05, 0) is 48.2 Å². The molecule has 1 aromatic carbocycles. The minimum Gasteiger partial charge on any atom is -0.459 e. The van der Waals surface area contributed by atoms with Gasteiger partial charge in [0.25, 0.3) is 0 Å². The molecule has 1 atom stereocenters. The molecule has 7 nitrogen and oxygen atoms in total. The molecule has 25 heavy (non-hydrogen) atoms. The number of esters is 1. The summed E-state index contributed by atoms with van der Waals surface area (Å²) in [5, 5.41) is 14.9. The molecule has 2 heterocycles. The SMILES string of the molecule is CC1=C(C(=O)OC(C)C)C(c2ccc(C(C)C)cc2)n2nnnc2N1. The molecule has 0 spiro atoms. The Kier molecular flexibility index (Phi) is 4.57. The minimum atomic E-state index is -0.418. The Morgan fingerprint density at radius 3 is 2.48 bits per heavy atom. The van der Waals surface area contributed by atoms with Gasteiger partial charge in [0.2, 0.25) is 5.95 Å². The van der Waals surface area contributed by atoms with Crippen LogP contribution in [0.25, 0.3) is 0 Å². The van der Waals surface area contributed by atoms with Crippen LogP contribution in [0.1, 0.15) is 57.7 Å². The van der Waals surface area contributed by atoms with Crippen molar-refractivity contribution in [1.29, 1.82) is 0 Å². The number of allylic oxidation sites excluding steroid dienone is 1. The maximum atomic E-state index is 12.7. The molecule has 3 rings (SSSR count). The summed E-state index contributed by atoms with van der Waals surface area (Å²) in [6, 6.07) is 7.78. The highest BCUT2D eigenvalue weighted by molar-refractivity contribution is 5.92. The number of tetrazole rings is 1. The summed E-state index contributed by atoms with van der Waals surface area (Å²) in [6.45, 7) is 9.80. The topological polar surface area (TPSA) is 81.9 Å². The van der Waals surface area contributed by atoms with Gasteiger partial charge in [-0.15, -0.1) is 0 Å². The predicted octanol–water partition coefficient (Wildman–Crippen LogP) is 3.04. The number of carbonyl (C=O) groups excluding carboxylic acids is 1. The van der Waals surface area contributed by atoms with Crippen molar-refractivity contribution >= 4 is 11.9 Å². The van der Waals surface area contributed by atoms with E-state index in [1.54, 1.807) is 4.68 Å². The number of nitrogens with zero attached hydrogens (tertiary/aromatic N) is 4. The molecular formula is C18H23N5O2. The third kappa shape index (κ3) is 3.26. The molecule has 1 unspecified atom stereocenters. The van der Waals surface area contributed by atoms with E-state index >= 15 is 0 Å². The third-order valence-corrected chi connectivity index (χ3v) is 4.20. The highest BCUT2D eigenvalue weighted by Gasteiger charge is 2.35. The van der Waals surface area contributed by atoms with E-state index in [0.717, 1.165) is 5.56 Å². The molecule has 0 aliphatic carbocycles. The van der Waals surface area contributed by atoms with E-state index in [0.29, 0.717) is 23.1 Å². The van der Waals surface area contributed by atoms with Gasteiger partial charge in [-0.1, -0.05) is 43.2 Å². The van der Waals surface area contributed by atoms with Crippen molar-refractivity contribution in [3.05, 3.63) is 46.7 Å². The van der Waals surface area contributed by atoms with Crippen molar-refractivity contribution in [3.8, 4) is 0 Å². The molecule has 1 N–H and O–H groups in total. The molecule has 0 fully saturated rings. The first-order valence-electron chi connectivity index (χ1n) is 8.45. The Morgan fingerprint density at radius 1 is 1.20 bits per heavy atom. The molecule has 7 heteroatoms. The van der Waals surface area contributed by atoms with Crippen LogP contribution >= 0.6 is 0 Å². The number of nitrogens with one attached hydrogen (secondary N) is 1. The predicted molar refractivity (Wildman–Crippen MR) is 94.0 cm³/mol. The van der Waals surface area contributed by atoms with Gasteiger partial charge in [-0.25, -0.2) is 4.79 Å². The van der Waals surface area contributed by atoms with Crippen molar-refractivity contribution in [1.82, 2.24) is 20.2 Å². The van der Waals surface area contributed by atoms with Crippen LogP contribution in [0.3, 0.4) is 0 Å². The average Bonchev–Trinajstić information content (AvgIpc) is 3.00. The molecule has 2 aromatic rings. The number of hydrogen-bond acceptors (Lipinski definition) is 6. The van der Waals surface area contributed by atoms with E-state index in [1.165, 1.54) is 5.56 Å². The van der Waals surface area contributed by atoms with Gasteiger partial charge in [0.05, 0.1) is 11.7 Å². The van der Waals surface area contributed by atoms with Crippen LogP contribution < -0.4 is 5.32 Å². The van der Waals surface area contributed by atoms with E-state index in [1.807, 2.05) is 32.9 Å². The largest absolute Gasteiger partial charge is 0.459 e. The summed E-state index contributed by atoms with van der Waals surface area (Å²) in [6.07, 6.45) is -0.202. The highest BCUT2D eigenvalue weighted by Crippen LogP contribution is 2.35. The summed E-state index contributed by atoms with van der Waals surface area (Å²) in [7, 11) is 0. The Labute approximate surface area is 147 Å². The number of anilines is 1. The van der Waals surface area contributed by atoms with Crippen molar-refractivity contribution in [2.45, 2.75) is 52.7 Å². The average molecular weight is 341 g/mol. The summed E-state index contributed by atoms with van der Waals surface area (Å²) in [5.41, 5.74) is 3.40. The summed E-state index contributed by atoms with van der Waals surface area (Å²) >= 11 is 0. The Hall–Kier alpha value is -2.70. The van der Waals surface area contributed by atoms with Crippen molar-refractivity contribution in [2.24, 2.45) is 0 Å². The maximum Gasteiger partial charge on any atom is 0.338 e. The number of fused-ring (bicyclic) bond motifs is 1. The van der Waals surface area contributed by atoms with Crippen LogP contribution in [0, 0.1) is 0 Å². The fraction of sp³-hybridized carbons (Fsp3) is 0.444. The fourth-order valence-electron chi connectivity index (χ4n) is 2.93. The Bertz CT molecular complexity index is 805. The summed E-state index contributed by atoms with van der Waals surface area (Å²) in [5.74, 6) is 0.587. The first-order chi connectivity index (χ1) is 11.9. The normalized spacial score (nSPS) is 16.8. The molecule has 0 radical (unpaired) electrons. The first kappa shape index (κ1) is 17.1. The Morgan fingerprint density at radius 2 is 1.88 bits per heavy atom. The number of carbonyl (C=O) groups is 1. The van der Waals surface area contributed by atoms with Crippen LogP contribution in [0.5, 0.6) is 0 Å². The molecule has 0 saturated heterocycles. The van der Waals surface area contributed by atoms with E-state index in [-0.39, 0.29) is 12.1 Å². The highest BCUT2D eigenvalue weighted by atomic mass is 16.5. The standard InChI is InChI=1S/C18H23N5O2/c1-10(2)13-6-8-14(9-7-13)16-15(17(24)25-11(3)4)12(5)19-18-20-21-22-23(16)18/h6-11,16H,1-5H3,(H,19,20,22). The molecule has 1 aliphatic heterocycles. The summed E-state index contributed by atoms with van der Waals surface area (Å²) < 4.78 is 7.07. The zero-order valence-corrected chi connectivity index (χ0v) is 15.1. The first-order valence-corrected chi connectivity index (χ1v) is 8.45. The molecule has 0 bridgehead atoms. The number of hydrogen-bond donors (Lipinski definition) is 1. The molecule has 132 valence electrons. The van der Waals surface area contributed by atoms with Crippen LogP contribution in [0.4, 0.5) is 5.95 Å². The lowest BCUT2D eigenvalue weighted by Crippen LogP contribution is -2.30. The van der Waals surface area contributed by atoms with E-state index in [2.05, 4.69) is 46.8 Å². The van der Waals surface area contributed by atoms with Crippen LogP contribution in [0.2, 0.25) is 0 Å². The lowest BCUT2D eigenvalue weighted by molar-refractivity contribution is -0.143. The lowest BCUT2D eigenvalue weighted by atomic mass is 9.93. The lowest BCUT2D eigenvalue weighted by Gasteiger charge is -2.28. The van der Waals surface area contributed by atoms with E-state index in [4.69, 9.17) is 4.74 Å². The van der Waals surface area contributed by atoms with Gasteiger partial charge >= 0.3 is 5.97 Å². The second-order valence-electron chi connectivity index (χ2n) is 6.79. The second-order valence-corrected chi connectivity index (χ2v) is 6.79. The zero-order chi connectivity index (χ0) is 18.1. The van der Waals surface area contributed by atoms with Gasteiger partial charge in [0, 0.05) is 5.70 Å². The van der Waals surface area contributed by atoms with Crippen molar-refractivity contribution in [3.63, 3.8) is 0 Å². The maximum absolute atomic E-state index is 12.7. The number of rotatable bonds is 4. The van der Waals surface area contributed by atoms with Crippen LogP contribution in [0.15, 0.2) is 35.5 Å². The van der Waals surface area contributed by atoms with Crippen molar-refractivity contribution < 1.29 is 9.53 Å². The van der Waals surface area contributed by atoms with Crippen LogP contribution in [-0.2, 0) is 9.53 Å². The molecule has 0 saturated carbocycles. The van der Waals surface area contributed by atoms with E-state index < -0.39 is 6.04 Å². The van der Waals surface area contributed by atoms with Crippen LogP contribution in [-0.4, -0.2) is 32.3 Å². The third-order valence-electron chi connectivity index (χ3n) is 4.20. The van der Waals surface area contributed by atoms with Gasteiger partial charge < -0.3 is 10.1 Å². The van der Waals surface area contributed by atoms with Gasteiger partial charge in [-0.3, -0.25) is 0 Å². The van der Waals surface area contributed by atoms with Gasteiger partial charge in [-0.2, -0.15) is 4.68 Å². The minimum absolute atomic E-state index is 0.202. The molecule has 0 amide bonds. The van der Waals surface area contributed by atoms with E-state index in [9.17, 15) is 4.79 Å². The number of ether oxygens (including phenoxy) is 1. The number of aromatic nitrogens is 4. The Balaban J connectivity index is 2.07. The molecule has 1 aromatic heterocycles. The quantitative estimate of drug-likeness (QED) is 0.861. The zero-order valence-electron chi connectivity index (χ0n) is 15.1. The number of benzene rings is 1. The fourth-order valence-corrected chi connectivity index (χ4v) is 2.93. The molecule has 1 aliphatic rings. The summed E-state index contributed by atoms with van der Waals surface area (Å²) in [4.78, 5) is 12.7. The second kappa shape index (κ2) is 6.66. The monoisotopic (exact) mass is 341 g/mol.